The van der Waals surface area contributed by atoms with Crippen LogP contribution in [0.15, 0.2) is 29.1 Å². The summed E-state index contributed by atoms with van der Waals surface area (Å²) < 4.78 is 10.9. The first-order valence-corrected chi connectivity index (χ1v) is 9.70. The zero-order valence-electron chi connectivity index (χ0n) is 16.6. The Kier molecular flexibility index (Phi) is 4.79. The monoisotopic (exact) mass is 393 g/mol. The van der Waals surface area contributed by atoms with Gasteiger partial charge in [0.1, 0.15) is 11.6 Å². The number of nitrogens with zero attached hydrogens (tertiary/aromatic N) is 2. The van der Waals surface area contributed by atoms with E-state index in [4.69, 9.17) is 14.7 Å². The number of hydrogen-bond acceptors (Lipinski definition) is 5. The maximum Gasteiger partial charge on any atom is 0.266 e. The van der Waals surface area contributed by atoms with E-state index in [1.807, 2.05) is 29.2 Å². The number of amides is 1. The van der Waals surface area contributed by atoms with Crippen LogP contribution in [0.25, 0.3) is 0 Å². The molecule has 1 N–H and O–H groups in total. The number of fused-ring (bicyclic) bond motifs is 1. The van der Waals surface area contributed by atoms with Crippen molar-refractivity contribution >= 4 is 5.91 Å². The first-order valence-electron chi connectivity index (χ1n) is 9.70. The van der Waals surface area contributed by atoms with Crippen molar-refractivity contribution in [2.45, 2.75) is 33.1 Å². The van der Waals surface area contributed by atoms with E-state index in [0.717, 1.165) is 36.3 Å². The molecule has 7 heteroatoms. The van der Waals surface area contributed by atoms with Crippen LogP contribution < -0.4 is 15.0 Å². The zero-order chi connectivity index (χ0) is 20.6. The number of benzene rings is 1. The SMILES string of the molecule is Cc1[nH]c(=O)c(C#N)cc1C(=O)N1CCC[C@@](C)(Cc2ccc3c(c2)OCO3)C1. The molecule has 4 rings (SSSR count). The van der Waals surface area contributed by atoms with Gasteiger partial charge in [-0.1, -0.05) is 13.0 Å². The van der Waals surface area contributed by atoms with E-state index in [1.165, 1.54) is 6.07 Å². The van der Waals surface area contributed by atoms with Crippen molar-refractivity contribution < 1.29 is 14.3 Å². The number of ether oxygens (including phenoxy) is 2. The molecule has 0 radical (unpaired) electrons. The number of nitrogens with one attached hydrogen (secondary N) is 1. The number of aromatic nitrogens is 1. The molecule has 2 aliphatic heterocycles. The summed E-state index contributed by atoms with van der Waals surface area (Å²) in [5.41, 5.74) is 1.44. The van der Waals surface area contributed by atoms with Crippen molar-refractivity contribution in [1.82, 2.24) is 9.88 Å². The molecular weight excluding hydrogens is 370 g/mol. The van der Waals surface area contributed by atoms with E-state index in [2.05, 4.69) is 11.9 Å². The summed E-state index contributed by atoms with van der Waals surface area (Å²) in [6.45, 7) is 5.40. The molecule has 1 fully saturated rings. The van der Waals surface area contributed by atoms with Gasteiger partial charge in [0.05, 0.1) is 5.56 Å². The van der Waals surface area contributed by atoms with E-state index in [0.29, 0.717) is 24.3 Å². The molecule has 150 valence electrons. The number of piperidine rings is 1. The number of H-pyrrole nitrogens is 1. The van der Waals surface area contributed by atoms with Crippen LogP contribution in [0.5, 0.6) is 11.5 Å². The summed E-state index contributed by atoms with van der Waals surface area (Å²) in [6, 6.07) is 9.25. The number of hydrogen-bond donors (Lipinski definition) is 1. The standard InChI is InChI=1S/C22H23N3O4/c1-14-17(9-16(11-23)20(26)24-14)21(27)25-7-3-6-22(2,12-25)10-15-4-5-18-19(8-15)29-13-28-18/h4-5,8-9H,3,6-7,10,12-13H2,1-2H3,(H,24,26)/t22-/m0/s1. The van der Waals surface area contributed by atoms with Crippen LogP contribution in [0.4, 0.5) is 0 Å². The third kappa shape index (κ3) is 3.70. The van der Waals surface area contributed by atoms with Crippen LogP contribution in [0.2, 0.25) is 0 Å². The lowest BCUT2D eigenvalue weighted by Gasteiger charge is -2.41. The van der Waals surface area contributed by atoms with Crippen molar-refractivity contribution in [3.8, 4) is 17.6 Å². The second kappa shape index (κ2) is 7.28. The van der Waals surface area contributed by atoms with E-state index < -0.39 is 5.56 Å². The fourth-order valence-corrected chi connectivity index (χ4v) is 4.28. The van der Waals surface area contributed by atoms with Crippen LogP contribution in [0.3, 0.4) is 0 Å². The largest absolute Gasteiger partial charge is 0.454 e. The number of likely N-dealkylation sites (tertiary alicyclic amines) is 1. The van der Waals surface area contributed by atoms with Gasteiger partial charge in [0.2, 0.25) is 6.79 Å². The Hall–Kier alpha value is -3.27. The van der Waals surface area contributed by atoms with Crippen molar-refractivity contribution in [3.05, 3.63) is 57.0 Å². The molecule has 1 atom stereocenters. The first kappa shape index (κ1) is 19.1. The highest BCUT2D eigenvalue weighted by atomic mass is 16.7. The summed E-state index contributed by atoms with van der Waals surface area (Å²) in [5, 5.41) is 9.13. The van der Waals surface area contributed by atoms with E-state index in [1.54, 1.807) is 6.92 Å². The Balaban J connectivity index is 1.54. The minimum absolute atomic E-state index is 0.0425. The van der Waals surface area contributed by atoms with Gasteiger partial charge in [-0.3, -0.25) is 9.59 Å². The maximum atomic E-state index is 13.2. The lowest BCUT2D eigenvalue weighted by atomic mass is 9.76. The summed E-state index contributed by atoms with van der Waals surface area (Å²) in [6.07, 6.45) is 2.74. The van der Waals surface area contributed by atoms with Gasteiger partial charge in [0, 0.05) is 18.8 Å². The minimum Gasteiger partial charge on any atom is -0.454 e. The maximum absolute atomic E-state index is 13.2. The second-order valence-electron chi connectivity index (χ2n) is 8.17. The highest BCUT2D eigenvalue weighted by Gasteiger charge is 2.34. The highest BCUT2D eigenvalue weighted by molar-refractivity contribution is 5.95. The Bertz CT molecular complexity index is 1070. The Morgan fingerprint density at radius 3 is 2.90 bits per heavy atom. The third-order valence-electron chi connectivity index (χ3n) is 5.73. The smallest absolute Gasteiger partial charge is 0.266 e. The minimum atomic E-state index is -0.465. The predicted molar refractivity (Wildman–Crippen MR) is 106 cm³/mol. The van der Waals surface area contributed by atoms with Gasteiger partial charge < -0.3 is 19.4 Å². The van der Waals surface area contributed by atoms with E-state index in [9.17, 15) is 9.59 Å². The molecule has 1 aromatic carbocycles. The Labute approximate surface area is 168 Å². The Morgan fingerprint density at radius 2 is 2.10 bits per heavy atom. The van der Waals surface area contributed by atoms with Crippen LogP contribution >= 0.6 is 0 Å². The molecule has 0 saturated carbocycles. The number of aromatic amines is 1. The lowest BCUT2D eigenvalue weighted by molar-refractivity contribution is 0.0549. The average molecular weight is 393 g/mol. The van der Waals surface area contributed by atoms with Gasteiger partial charge in [-0.05, 0) is 55.4 Å². The molecule has 0 spiro atoms. The summed E-state index contributed by atoms with van der Waals surface area (Å²) in [7, 11) is 0. The number of pyridine rings is 1. The molecule has 1 amide bonds. The van der Waals surface area contributed by atoms with Gasteiger partial charge >= 0.3 is 0 Å². The normalized spacial score (nSPS) is 20.4. The van der Waals surface area contributed by atoms with Gasteiger partial charge in [0.15, 0.2) is 11.5 Å². The molecule has 2 aliphatic rings. The topological polar surface area (TPSA) is 95.4 Å². The predicted octanol–water partition coefficient (Wildman–Crippen LogP) is 2.77. The van der Waals surface area contributed by atoms with Crippen LogP contribution in [0.1, 0.15) is 46.9 Å². The number of nitriles is 1. The molecule has 1 aromatic heterocycles. The lowest BCUT2D eigenvalue weighted by Crippen LogP contribution is -2.46. The summed E-state index contributed by atoms with van der Waals surface area (Å²) in [4.78, 5) is 29.4. The molecule has 2 aromatic rings. The fourth-order valence-electron chi connectivity index (χ4n) is 4.28. The molecule has 0 bridgehead atoms. The van der Waals surface area contributed by atoms with Crippen LogP contribution in [-0.2, 0) is 6.42 Å². The molecule has 29 heavy (non-hydrogen) atoms. The summed E-state index contributed by atoms with van der Waals surface area (Å²) in [5.74, 6) is 1.38. The van der Waals surface area contributed by atoms with Crippen molar-refractivity contribution in [2.24, 2.45) is 5.41 Å². The molecule has 7 nitrogen and oxygen atoms in total. The van der Waals surface area contributed by atoms with Crippen LogP contribution in [0, 0.1) is 23.7 Å². The molecule has 0 aliphatic carbocycles. The second-order valence-corrected chi connectivity index (χ2v) is 8.17. The number of carbonyl (C=O) groups is 1. The van der Waals surface area contributed by atoms with Crippen molar-refractivity contribution in [1.29, 1.82) is 5.26 Å². The van der Waals surface area contributed by atoms with Gasteiger partial charge in [-0.25, -0.2) is 0 Å². The first-order chi connectivity index (χ1) is 13.9. The molecule has 3 heterocycles. The van der Waals surface area contributed by atoms with Gasteiger partial charge in [-0.15, -0.1) is 0 Å². The van der Waals surface area contributed by atoms with Crippen LogP contribution in [-0.4, -0.2) is 35.7 Å². The zero-order valence-corrected chi connectivity index (χ0v) is 16.6. The number of aryl methyl sites for hydroxylation is 1. The van der Waals surface area contributed by atoms with Gasteiger partial charge in [-0.2, -0.15) is 5.26 Å². The quantitative estimate of drug-likeness (QED) is 0.865. The van der Waals surface area contributed by atoms with E-state index in [-0.39, 0.29) is 23.7 Å². The highest BCUT2D eigenvalue weighted by Crippen LogP contribution is 2.38. The van der Waals surface area contributed by atoms with Crippen molar-refractivity contribution in [3.63, 3.8) is 0 Å². The average Bonchev–Trinajstić information content (AvgIpc) is 3.15. The molecule has 1 saturated heterocycles. The summed E-state index contributed by atoms with van der Waals surface area (Å²) >= 11 is 0. The third-order valence-corrected chi connectivity index (χ3v) is 5.73. The Morgan fingerprint density at radius 1 is 1.31 bits per heavy atom. The van der Waals surface area contributed by atoms with Crippen molar-refractivity contribution in [2.75, 3.05) is 19.9 Å². The molecule has 0 unspecified atom stereocenters. The van der Waals surface area contributed by atoms with Gasteiger partial charge in [0.25, 0.3) is 11.5 Å². The fraction of sp³-hybridized carbons (Fsp3) is 0.409. The van der Waals surface area contributed by atoms with E-state index >= 15 is 0 Å². The number of rotatable bonds is 3. The number of carbonyl (C=O) groups excluding carboxylic acids is 1. The molecular formula is C22H23N3O4.